The molecule has 2 aromatic rings. The third-order valence-corrected chi connectivity index (χ3v) is 2.59. The quantitative estimate of drug-likeness (QED) is 0.839. The highest BCUT2D eigenvalue weighted by atomic mass is 15.0. The van der Waals surface area contributed by atoms with Crippen LogP contribution in [0.3, 0.4) is 0 Å². The summed E-state index contributed by atoms with van der Waals surface area (Å²) in [7, 11) is 0. The number of pyridine rings is 1. The van der Waals surface area contributed by atoms with Gasteiger partial charge in [-0.1, -0.05) is 6.07 Å². The number of nitrogens with zero attached hydrogens (tertiary/aromatic N) is 3. The summed E-state index contributed by atoms with van der Waals surface area (Å²) in [5.41, 5.74) is 7.81. The molecule has 0 aliphatic heterocycles. The molecule has 4 nitrogen and oxygen atoms in total. The molecule has 0 saturated heterocycles. The molecule has 0 unspecified atom stereocenters. The molecule has 16 heavy (non-hydrogen) atoms. The normalized spacial score (nSPS) is 10.6. The molecule has 0 radical (unpaired) electrons. The van der Waals surface area contributed by atoms with Gasteiger partial charge in [0.2, 0.25) is 0 Å². The second kappa shape index (κ2) is 4.90. The average molecular weight is 216 g/mol. The highest BCUT2D eigenvalue weighted by Gasteiger charge is 2.03. The number of hydrogen-bond donors (Lipinski definition) is 1. The Bertz CT molecular complexity index is 462. The van der Waals surface area contributed by atoms with Crippen LogP contribution in [-0.4, -0.2) is 14.5 Å². The third-order valence-electron chi connectivity index (χ3n) is 2.59. The van der Waals surface area contributed by atoms with E-state index in [1.807, 2.05) is 18.6 Å². The van der Waals surface area contributed by atoms with Crippen LogP contribution in [-0.2, 0) is 19.5 Å². The SMILES string of the molecule is CCn1ccnc1Cc1cncc(CN)c1. The predicted molar refractivity (Wildman–Crippen MR) is 62.8 cm³/mol. The zero-order valence-corrected chi connectivity index (χ0v) is 9.43. The Morgan fingerprint density at radius 3 is 2.88 bits per heavy atom. The molecular formula is C12H16N4. The van der Waals surface area contributed by atoms with Crippen molar-refractivity contribution in [3.63, 3.8) is 0 Å². The van der Waals surface area contributed by atoms with Crippen LogP contribution in [0, 0.1) is 0 Å². The van der Waals surface area contributed by atoms with Gasteiger partial charge in [0.05, 0.1) is 0 Å². The van der Waals surface area contributed by atoms with Crippen molar-refractivity contribution < 1.29 is 0 Å². The van der Waals surface area contributed by atoms with E-state index >= 15 is 0 Å². The van der Waals surface area contributed by atoms with Gasteiger partial charge < -0.3 is 10.3 Å². The number of rotatable bonds is 4. The molecule has 2 N–H and O–H groups in total. The number of aryl methyl sites for hydroxylation is 1. The van der Waals surface area contributed by atoms with Gasteiger partial charge in [0.1, 0.15) is 5.82 Å². The van der Waals surface area contributed by atoms with Crippen molar-refractivity contribution in [1.29, 1.82) is 0 Å². The van der Waals surface area contributed by atoms with E-state index in [1.54, 1.807) is 6.20 Å². The van der Waals surface area contributed by atoms with Crippen LogP contribution in [0.4, 0.5) is 0 Å². The van der Waals surface area contributed by atoms with Crippen molar-refractivity contribution in [2.24, 2.45) is 5.73 Å². The smallest absolute Gasteiger partial charge is 0.113 e. The highest BCUT2D eigenvalue weighted by molar-refractivity contribution is 5.21. The lowest BCUT2D eigenvalue weighted by atomic mass is 10.1. The molecule has 0 fully saturated rings. The minimum absolute atomic E-state index is 0.531. The Kier molecular flexibility index (Phi) is 3.31. The minimum atomic E-state index is 0.531. The summed E-state index contributed by atoms with van der Waals surface area (Å²) in [5.74, 6) is 1.07. The van der Waals surface area contributed by atoms with E-state index in [1.165, 1.54) is 0 Å². The zero-order chi connectivity index (χ0) is 11.4. The molecule has 0 amide bonds. The van der Waals surface area contributed by atoms with Gasteiger partial charge in [-0.15, -0.1) is 0 Å². The first-order valence-corrected chi connectivity index (χ1v) is 5.46. The van der Waals surface area contributed by atoms with Crippen molar-refractivity contribution in [2.75, 3.05) is 0 Å². The molecule has 0 atom stereocenters. The first-order chi connectivity index (χ1) is 7.83. The van der Waals surface area contributed by atoms with Crippen molar-refractivity contribution in [2.45, 2.75) is 26.4 Å². The fourth-order valence-electron chi connectivity index (χ4n) is 1.73. The number of nitrogens with two attached hydrogens (primary N) is 1. The second-order valence-electron chi connectivity index (χ2n) is 3.71. The Hall–Kier alpha value is -1.68. The summed E-state index contributed by atoms with van der Waals surface area (Å²) < 4.78 is 2.13. The van der Waals surface area contributed by atoms with E-state index in [4.69, 9.17) is 5.73 Å². The first-order valence-electron chi connectivity index (χ1n) is 5.46. The summed E-state index contributed by atoms with van der Waals surface area (Å²) in [6.07, 6.45) is 8.31. The van der Waals surface area contributed by atoms with Crippen molar-refractivity contribution in [1.82, 2.24) is 14.5 Å². The van der Waals surface area contributed by atoms with Crippen molar-refractivity contribution in [3.05, 3.63) is 47.8 Å². The van der Waals surface area contributed by atoms with Crippen LogP contribution in [0.25, 0.3) is 0 Å². The van der Waals surface area contributed by atoms with Gasteiger partial charge in [0.15, 0.2) is 0 Å². The van der Waals surface area contributed by atoms with Crippen LogP contribution in [0.5, 0.6) is 0 Å². The Balaban J connectivity index is 2.20. The van der Waals surface area contributed by atoms with E-state index in [-0.39, 0.29) is 0 Å². The van der Waals surface area contributed by atoms with Gasteiger partial charge >= 0.3 is 0 Å². The second-order valence-corrected chi connectivity index (χ2v) is 3.71. The maximum Gasteiger partial charge on any atom is 0.113 e. The van der Waals surface area contributed by atoms with Crippen LogP contribution in [0.15, 0.2) is 30.9 Å². The fourth-order valence-corrected chi connectivity index (χ4v) is 1.73. The summed E-state index contributed by atoms with van der Waals surface area (Å²) in [6, 6.07) is 2.08. The van der Waals surface area contributed by atoms with Gasteiger partial charge in [0, 0.05) is 44.3 Å². The standard InChI is InChI=1S/C12H16N4/c1-2-16-4-3-15-12(16)6-10-5-11(7-13)9-14-8-10/h3-5,8-9H,2,6-7,13H2,1H3. The minimum Gasteiger partial charge on any atom is -0.335 e. The number of aromatic nitrogens is 3. The summed E-state index contributed by atoms with van der Waals surface area (Å²) in [4.78, 5) is 8.52. The van der Waals surface area contributed by atoms with E-state index in [0.29, 0.717) is 6.54 Å². The molecule has 2 aromatic heterocycles. The molecule has 84 valence electrons. The topological polar surface area (TPSA) is 56.7 Å². The van der Waals surface area contributed by atoms with Gasteiger partial charge in [-0.05, 0) is 18.1 Å². The molecular weight excluding hydrogens is 200 g/mol. The zero-order valence-electron chi connectivity index (χ0n) is 9.43. The molecule has 0 aromatic carbocycles. The van der Waals surface area contributed by atoms with E-state index in [2.05, 4.69) is 27.5 Å². The van der Waals surface area contributed by atoms with Gasteiger partial charge in [-0.3, -0.25) is 4.98 Å². The Morgan fingerprint density at radius 1 is 1.31 bits per heavy atom. The van der Waals surface area contributed by atoms with Crippen LogP contribution in [0.2, 0.25) is 0 Å². The molecule has 0 aliphatic rings. The molecule has 0 aliphatic carbocycles. The lowest BCUT2D eigenvalue weighted by Gasteiger charge is -2.05. The molecule has 0 saturated carbocycles. The first kappa shape index (κ1) is 10.8. The number of imidazole rings is 1. The maximum atomic E-state index is 5.59. The van der Waals surface area contributed by atoms with Crippen LogP contribution >= 0.6 is 0 Å². The fraction of sp³-hybridized carbons (Fsp3) is 0.333. The van der Waals surface area contributed by atoms with E-state index in [9.17, 15) is 0 Å². The highest BCUT2D eigenvalue weighted by Crippen LogP contribution is 2.08. The van der Waals surface area contributed by atoms with Crippen LogP contribution in [0.1, 0.15) is 23.9 Å². The summed E-state index contributed by atoms with van der Waals surface area (Å²) >= 11 is 0. The molecule has 2 rings (SSSR count). The van der Waals surface area contributed by atoms with E-state index in [0.717, 1.165) is 29.9 Å². The van der Waals surface area contributed by atoms with E-state index < -0.39 is 0 Å². The predicted octanol–water partition coefficient (Wildman–Crippen LogP) is 1.35. The molecule has 2 heterocycles. The van der Waals surface area contributed by atoms with Crippen molar-refractivity contribution in [3.8, 4) is 0 Å². The van der Waals surface area contributed by atoms with Gasteiger partial charge in [-0.25, -0.2) is 4.98 Å². The molecule has 0 spiro atoms. The third kappa shape index (κ3) is 2.28. The lowest BCUT2D eigenvalue weighted by Crippen LogP contribution is -2.03. The summed E-state index contributed by atoms with van der Waals surface area (Å²) in [5, 5.41) is 0. The number of hydrogen-bond acceptors (Lipinski definition) is 3. The largest absolute Gasteiger partial charge is 0.335 e. The Labute approximate surface area is 95.1 Å². The Morgan fingerprint density at radius 2 is 2.12 bits per heavy atom. The van der Waals surface area contributed by atoms with Crippen LogP contribution < -0.4 is 5.73 Å². The average Bonchev–Trinajstić information content (AvgIpc) is 2.76. The summed E-state index contributed by atoms with van der Waals surface area (Å²) in [6.45, 7) is 3.59. The maximum absolute atomic E-state index is 5.59. The molecule has 0 bridgehead atoms. The monoisotopic (exact) mass is 216 g/mol. The lowest BCUT2D eigenvalue weighted by molar-refractivity contribution is 0.711. The van der Waals surface area contributed by atoms with Gasteiger partial charge in [0.25, 0.3) is 0 Å². The van der Waals surface area contributed by atoms with Crippen molar-refractivity contribution >= 4 is 0 Å². The van der Waals surface area contributed by atoms with Gasteiger partial charge in [-0.2, -0.15) is 0 Å². The molecule has 4 heteroatoms.